The second-order valence-corrected chi connectivity index (χ2v) is 5.08. The largest absolute Gasteiger partial charge is 0.444 e. The Kier molecular flexibility index (Phi) is 2.71. The van der Waals surface area contributed by atoms with Gasteiger partial charge < -0.3 is 4.42 Å². The van der Waals surface area contributed by atoms with Gasteiger partial charge in [-0.15, -0.1) is 0 Å². The minimum atomic E-state index is 0.841. The van der Waals surface area contributed by atoms with E-state index in [1.807, 2.05) is 0 Å². The van der Waals surface area contributed by atoms with Crippen molar-refractivity contribution in [3.05, 3.63) is 42.4 Å². The van der Waals surface area contributed by atoms with Gasteiger partial charge in [0.2, 0.25) is 0 Å². The lowest BCUT2D eigenvalue weighted by Crippen LogP contribution is -2.24. The molecule has 1 aliphatic rings. The van der Waals surface area contributed by atoms with Crippen molar-refractivity contribution < 1.29 is 4.42 Å². The molecule has 1 aromatic carbocycles. The van der Waals surface area contributed by atoms with Crippen LogP contribution in [0, 0.1) is 11.8 Å². The van der Waals surface area contributed by atoms with Gasteiger partial charge in [0.25, 0.3) is 0 Å². The van der Waals surface area contributed by atoms with E-state index >= 15 is 0 Å². The Balaban J connectivity index is 1.72. The summed E-state index contributed by atoms with van der Waals surface area (Å²) < 4.78 is 5.28. The normalized spacial score (nSPS) is 23.4. The van der Waals surface area contributed by atoms with Crippen molar-refractivity contribution in [1.29, 1.82) is 0 Å². The van der Waals surface area contributed by atoms with Crippen LogP contribution in [0.1, 0.15) is 25.3 Å². The van der Waals surface area contributed by atoms with E-state index in [1.165, 1.54) is 31.2 Å². The van der Waals surface area contributed by atoms with Crippen molar-refractivity contribution in [1.82, 2.24) is 4.98 Å². The molecular formula is C15H17NO. The molecule has 2 atom stereocenters. The summed E-state index contributed by atoms with van der Waals surface area (Å²) in [5.74, 6) is 2.64. The smallest absolute Gasteiger partial charge is 0.181 e. The van der Waals surface area contributed by atoms with Gasteiger partial charge in [0.1, 0.15) is 0 Å². The number of benzene rings is 1. The van der Waals surface area contributed by atoms with Crippen molar-refractivity contribution in [3.8, 4) is 11.3 Å². The van der Waals surface area contributed by atoms with Gasteiger partial charge in [-0.25, -0.2) is 4.98 Å². The fourth-order valence-electron chi connectivity index (χ4n) is 2.51. The van der Waals surface area contributed by atoms with E-state index in [-0.39, 0.29) is 0 Å². The lowest BCUT2D eigenvalue weighted by atomic mass is 9.72. The predicted molar refractivity (Wildman–Crippen MR) is 67.5 cm³/mol. The molecular weight excluding hydrogens is 210 g/mol. The summed E-state index contributed by atoms with van der Waals surface area (Å²) >= 11 is 0. The number of oxazole rings is 1. The molecule has 1 fully saturated rings. The molecule has 0 saturated heterocycles. The van der Waals surface area contributed by atoms with Crippen LogP contribution in [0.2, 0.25) is 0 Å². The van der Waals surface area contributed by atoms with Crippen LogP contribution in [0.5, 0.6) is 0 Å². The molecule has 0 aliphatic heterocycles. The van der Waals surface area contributed by atoms with Gasteiger partial charge in [-0.05, 0) is 30.2 Å². The van der Waals surface area contributed by atoms with Crippen LogP contribution >= 0.6 is 0 Å². The first-order valence-electron chi connectivity index (χ1n) is 6.31. The van der Waals surface area contributed by atoms with E-state index in [4.69, 9.17) is 4.42 Å². The summed E-state index contributed by atoms with van der Waals surface area (Å²) in [6, 6.07) is 8.67. The molecule has 0 radical (unpaired) electrons. The molecule has 88 valence electrons. The molecule has 0 N–H and O–H groups in total. The van der Waals surface area contributed by atoms with Gasteiger partial charge in [-0.3, -0.25) is 0 Å². The zero-order valence-corrected chi connectivity index (χ0v) is 10.1. The Morgan fingerprint density at radius 2 is 2.06 bits per heavy atom. The van der Waals surface area contributed by atoms with Gasteiger partial charge in [0.05, 0.1) is 6.20 Å². The van der Waals surface area contributed by atoms with E-state index in [0.717, 1.165) is 23.2 Å². The second-order valence-electron chi connectivity index (χ2n) is 5.08. The van der Waals surface area contributed by atoms with Gasteiger partial charge in [-0.1, -0.05) is 37.6 Å². The third-order valence-corrected chi connectivity index (χ3v) is 3.97. The summed E-state index contributed by atoms with van der Waals surface area (Å²) in [4.78, 5) is 3.94. The van der Waals surface area contributed by atoms with Crippen molar-refractivity contribution in [2.75, 3.05) is 0 Å². The molecule has 2 aromatic rings. The number of aromatic nitrogens is 1. The zero-order valence-electron chi connectivity index (χ0n) is 10.1. The Morgan fingerprint density at radius 3 is 2.59 bits per heavy atom. The highest BCUT2D eigenvalue weighted by Gasteiger charge is 2.26. The molecule has 2 heteroatoms. The molecule has 0 amide bonds. The van der Waals surface area contributed by atoms with Crippen LogP contribution in [0.3, 0.4) is 0 Å². The average Bonchev–Trinajstić information content (AvgIpc) is 2.89. The Labute approximate surface area is 102 Å². The molecule has 1 saturated carbocycles. The van der Waals surface area contributed by atoms with Gasteiger partial charge in [0, 0.05) is 5.56 Å². The lowest BCUT2D eigenvalue weighted by Gasteiger charge is -2.34. The molecule has 1 aromatic heterocycles. The average molecular weight is 227 g/mol. The number of nitrogens with zero attached hydrogens (tertiary/aromatic N) is 1. The Bertz CT molecular complexity index is 472. The maximum atomic E-state index is 5.28. The third kappa shape index (κ3) is 2.12. The van der Waals surface area contributed by atoms with Gasteiger partial charge >= 0.3 is 0 Å². The van der Waals surface area contributed by atoms with Gasteiger partial charge in [0.15, 0.2) is 12.2 Å². The standard InChI is InChI=1S/C15H17NO/c1-11-2-5-14(11)8-12-3-6-13(7-4-12)15-9-16-10-17-15/h3-4,6-7,9-11,14H,2,5,8H2,1H3. The topological polar surface area (TPSA) is 26.0 Å². The van der Waals surface area contributed by atoms with Crippen molar-refractivity contribution >= 4 is 0 Å². The minimum absolute atomic E-state index is 0.841. The van der Waals surface area contributed by atoms with Crippen LogP contribution in [0.25, 0.3) is 11.3 Å². The highest BCUT2D eigenvalue weighted by atomic mass is 16.3. The summed E-state index contributed by atoms with van der Waals surface area (Å²) in [5.41, 5.74) is 2.54. The Morgan fingerprint density at radius 1 is 1.24 bits per heavy atom. The molecule has 1 aliphatic carbocycles. The third-order valence-electron chi connectivity index (χ3n) is 3.97. The fourth-order valence-corrected chi connectivity index (χ4v) is 2.51. The zero-order chi connectivity index (χ0) is 11.7. The lowest BCUT2D eigenvalue weighted by molar-refractivity contribution is 0.196. The maximum absolute atomic E-state index is 5.28. The predicted octanol–water partition coefficient (Wildman–Crippen LogP) is 3.93. The van der Waals surface area contributed by atoms with Crippen LogP contribution in [-0.4, -0.2) is 4.98 Å². The first-order valence-corrected chi connectivity index (χ1v) is 6.31. The molecule has 17 heavy (non-hydrogen) atoms. The molecule has 3 rings (SSSR count). The van der Waals surface area contributed by atoms with E-state index < -0.39 is 0 Å². The van der Waals surface area contributed by atoms with Crippen LogP contribution in [0.4, 0.5) is 0 Å². The van der Waals surface area contributed by atoms with Crippen LogP contribution in [-0.2, 0) is 6.42 Å². The number of rotatable bonds is 3. The second kappa shape index (κ2) is 4.36. The summed E-state index contributed by atoms with van der Waals surface area (Å²) in [7, 11) is 0. The molecule has 0 spiro atoms. The summed E-state index contributed by atoms with van der Waals surface area (Å²) in [5, 5.41) is 0. The SMILES string of the molecule is CC1CCC1Cc1ccc(-c2cnco2)cc1. The summed E-state index contributed by atoms with van der Waals surface area (Å²) in [6.45, 7) is 2.36. The monoisotopic (exact) mass is 227 g/mol. The van der Waals surface area contributed by atoms with E-state index in [0.29, 0.717) is 0 Å². The molecule has 1 heterocycles. The molecule has 2 nitrogen and oxygen atoms in total. The highest BCUT2D eigenvalue weighted by molar-refractivity contribution is 5.56. The number of hydrogen-bond acceptors (Lipinski definition) is 2. The maximum Gasteiger partial charge on any atom is 0.181 e. The minimum Gasteiger partial charge on any atom is -0.444 e. The highest BCUT2D eigenvalue weighted by Crippen LogP contribution is 2.36. The van der Waals surface area contributed by atoms with Gasteiger partial charge in [-0.2, -0.15) is 0 Å². The van der Waals surface area contributed by atoms with Crippen LogP contribution < -0.4 is 0 Å². The fraction of sp³-hybridized carbons (Fsp3) is 0.400. The van der Waals surface area contributed by atoms with E-state index in [9.17, 15) is 0 Å². The van der Waals surface area contributed by atoms with Crippen molar-refractivity contribution in [2.45, 2.75) is 26.2 Å². The van der Waals surface area contributed by atoms with E-state index in [1.54, 1.807) is 6.20 Å². The van der Waals surface area contributed by atoms with Crippen molar-refractivity contribution in [2.24, 2.45) is 11.8 Å². The first-order chi connectivity index (χ1) is 8.33. The molecule has 2 unspecified atom stereocenters. The summed E-state index contributed by atoms with van der Waals surface area (Å²) in [6.07, 6.45) is 7.24. The Hall–Kier alpha value is -1.57. The van der Waals surface area contributed by atoms with Crippen LogP contribution in [0.15, 0.2) is 41.3 Å². The first kappa shape index (κ1) is 10.6. The van der Waals surface area contributed by atoms with Crippen molar-refractivity contribution in [3.63, 3.8) is 0 Å². The van der Waals surface area contributed by atoms with E-state index in [2.05, 4.69) is 36.2 Å². The molecule has 0 bridgehead atoms. The number of hydrogen-bond donors (Lipinski definition) is 0. The quantitative estimate of drug-likeness (QED) is 0.794.